The molecule has 31 heavy (non-hydrogen) atoms. The highest BCUT2D eigenvalue weighted by Gasteiger charge is 2.24. The molecule has 0 atom stereocenters. The van der Waals surface area contributed by atoms with Crippen LogP contribution in [0, 0.1) is 0 Å². The van der Waals surface area contributed by atoms with Crippen LogP contribution in [0.25, 0.3) is 44.3 Å². The Kier molecular flexibility index (Phi) is 4.36. The molecule has 0 aliphatic carbocycles. The number of benzene rings is 2. The summed E-state index contributed by atoms with van der Waals surface area (Å²) in [5.41, 5.74) is 4.54. The van der Waals surface area contributed by atoms with E-state index in [0.29, 0.717) is 11.4 Å². The molecule has 5 rings (SSSR count). The number of ether oxygens (including phenoxy) is 1. The van der Waals surface area contributed by atoms with Crippen LogP contribution in [0.2, 0.25) is 0 Å². The number of rotatable bonds is 2. The summed E-state index contributed by atoms with van der Waals surface area (Å²) >= 11 is 0. The van der Waals surface area contributed by atoms with E-state index in [1.54, 1.807) is 10.8 Å². The van der Waals surface area contributed by atoms with Crippen molar-refractivity contribution in [3.05, 3.63) is 73.1 Å². The SMILES string of the molecule is CC(C)(C)OC(=O)n1c(-c2n[nH]c3cc(-c4cccnc4)ccc23)cc2ccccc21. The first kappa shape index (κ1) is 19.1. The van der Waals surface area contributed by atoms with Crippen LogP contribution in [-0.4, -0.2) is 31.4 Å². The van der Waals surface area contributed by atoms with Gasteiger partial charge in [-0.05, 0) is 56.7 Å². The first-order valence-corrected chi connectivity index (χ1v) is 10.1. The van der Waals surface area contributed by atoms with E-state index in [1.165, 1.54) is 0 Å². The molecule has 0 saturated carbocycles. The molecular formula is C25H22N4O2. The zero-order valence-electron chi connectivity index (χ0n) is 17.6. The number of nitrogens with one attached hydrogen (secondary N) is 1. The minimum absolute atomic E-state index is 0.424. The van der Waals surface area contributed by atoms with Crippen LogP contribution in [0.5, 0.6) is 0 Å². The van der Waals surface area contributed by atoms with Crippen molar-refractivity contribution in [1.29, 1.82) is 0 Å². The fraction of sp³-hybridized carbons (Fsp3) is 0.160. The molecule has 0 bridgehead atoms. The van der Waals surface area contributed by atoms with Crippen molar-refractivity contribution in [1.82, 2.24) is 19.7 Å². The predicted octanol–water partition coefficient (Wildman–Crippen LogP) is 6.03. The van der Waals surface area contributed by atoms with Gasteiger partial charge in [0.25, 0.3) is 0 Å². The van der Waals surface area contributed by atoms with Crippen LogP contribution in [0.3, 0.4) is 0 Å². The second-order valence-electron chi connectivity index (χ2n) is 8.48. The summed E-state index contributed by atoms with van der Waals surface area (Å²) in [5.74, 6) is 0. The zero-order valence-corrected chi connectivity index (χ0v) is 17.6. The van der Waals surface area contributed by atoms with Gasteiger partial charge in [0.05, 0.1) is 16.7 Å². The van der Waals surface area contributed by atoms with Gasteiger partial charge in [-0.2, -0.15) is 5.10 Å². The molecule has 0 aliphatic rings. The Balaban J connectivity index is 1.67. The second-order valence-corrected chi connectivity index (χ2v) is 8.48. The van der Waals surface area contributed by atoms with Crippen LogP contribution in [-0.2, 0) is 4.74 Å². The topological polar surface area (TPSA) is 72.8 Å². The Hall–Kier alpha value is -3.93. The summed E-state index contributed by atoms with van der Waals surface area (Å²) in [5, 5.41) is 9.57. The summed E-state index contributed by atoms with van der Waals surface area (Å²) in [6.07, 6.45) is 3.16. The number of carbonyl (C=O) groups is 1. The quantitative estimate of drug-likeness (QED) is 0.386. The Labute approximate surface area is 179 Å². The van der Waals surface area contributed by atoms with Gasteiger partial charge in [0.1, 0.15) is 11.3 Å². The number of para-hydroxylation sites is 1. The summed E-state index contributed by atoms with van der Waals surface area (Å²) in [7, 11) is 0. The van der Waals surface area contributed by atoms with E-state index in [9.17, 15) is 4.79 Å². The van der Waals surface area contributed by atoms with E-state index >= 15 is 0 Å². The molecule has 5 aromatic rings. The molecule has 0 fully saturated rings. The molecule has 0 saturated heterocycles. The van der Waals surface area contributed by atoms with Crippen LogP contribution in [0.4, 0.5) is 4.79 Å². The highest BCUT2D eigenvalue weighted by atomic mass is 16.6. The highest BCUT2D eigenvalue weighted by molar-refractivity contribution is 6.01. The molecule has 0 aliphatic heterocycles. The van der Waals surface area contributed by atoms with E-state index in [2.05, 4.69) is 15.2 Å². The average Bonchev–Trinajstić information content (AvgIpc) is 3.33. The summed E-state index contributed by atoms with van der Waals surface area (Å²) in [4.78, 5) is 17.3. The highest BCUT2D eigenvalue weighted by Crippen LogP contribution is 2.34. The number of pyridine rings is 1. The van der Waals surface area contributed by atoms with Crippen LogP contribution < -0.4 is 0 Å². The second kappa shape index (κ2) is 7.09. The van der Waals surface area contributed by atoms with E-state index in [1.807, 2.05) is 87.6 Å². The van der Waals surface area contributed by atoms with Crippen molar-refractivity contribution in [3.8, 4) is 22.5 Å². The smallest absolute Gasteiger partial charge is 0.419 e. The molecule has 6 nitrogen and oxygen atoms in total. The lowest BCUT2D eigenvalue weighted by Gasteiger charge is -2.20. The molecule has 2 aromatic carbocycles. The number of hydrogen-bond acceptors (Lipinski definition) is 4. The maximum absolute atomic E-state index is 13.1. The summed E-state index contributed by atoms with van der Waals surface area (Å²) in [6.45, 7) is 5.58. The molecule has 3 aromatic heterocycles. The maximum atomic E-state index is 13.1. The van der Waals surface area contributed by atoms with Crippen LogP contribution >= 0.6 is 0 Å². The molecule has 0 amide bonds. The first-order chi connectivity index (χ1) is 14.9. The van der Waals surface area contributed by atoms with Gasteiger partial charge in [0.15, 0.2) is 0 Å². The normalized spacial score (nSPS) is 11.8. The molecule has 0 unspecified atom stereocenters. The fourth-order valence-corrected chi connectivity index (χ4v) is 3.76. The number of fused-ring (bicyclic) bond motifs is 2. The third kappa shape index (κ3) is 3.46. The number of aromatic nitrogens is 4. The minimum atomic E-state index is -0.605. The molecule has 154 valence electrons. The first-order valence-electron chi connectivity index (χ1n) is 10.1. The number of H-pyrrole nitrogens is 1. The summed E-state index contributed by atoms with van der Waals surface area (Å²) < 4.78 is 7.30. The van der Waals surface area contributed by atoms with Gasteiger partial charge in [-0.15, -0.1) is 0 Å². The maximum Gasteiger partial charge on any atom is 0.419 e. The van der Waals surface area contributed by atoms with Gasteiger partial charge < -0.3 is 4.74 Å². The van der Waals surface area contributed by atoms with Crippen molar-refractivity contribution in [3.63, 3.8) is 0 Å². The van der Waals surface area contributed by atoms with Gasteiger partial charge in [0.2, 0.25) is 0 Å². The molecule has 1 N–H and O–H groups in total. The molecular weight excluding hydrogens is 388 g/mol. The summed E-state index contributed by atoms with van der Waals surface area (Å²) in [6, 6.07) is 19.8. The monoisotopic (exact) mass is 410 g/mol. The number of aromatic amines is 1. The van der Waals surface area contributed by atoms with E-state index in [4.69, 9.17) is 4.74 Å². The lowest BCUT2D eigenvalue weighted by molar-refractivity contribution is 0.0547. The Bertz CT molecular complexity index is 1410. The zero-order chi connectivity index (χ0) is 21.6. The Morgan fingerprint density at radius 2 is 1.84 bits per heavy atom. The van der Waals surface area contributed by atoms with Crippen molar-refractivity contribution in [2.75, 3.05) is 0 Å². The van der Waals surface area contributed by atoms with Gasteiger partial charge in [-0.3, -0.25) is 10.1 Å². The molecule has 6 heteroatoms. The molecule has 0 radical (unpaired) electrons. The minimum Gasteiger partial charge on any atom is -0.443 e. The van der Waals surface area contributed by atoms with E-state index in [0.717, 1.165) is 32.9 Å². The van der Waals surface area contributed by atoms with Crippen LogP contribution in [0.15, 0.2) is 73.1 Å². The lowest BCUT2D eigenvalue weighted by atomic mass is 10.0. The Morgan fingerprint density at radius 3 is 2.61 bits per heavy atom. The largest absolute Gasteiger partial charge is 0.443 e. The lowest BCUT2D eigenvalue weighted by Crippen LogP contribution is -2.27. The van der Waals surface area contributed by atoms with Crippen LogP contribution in [0.1, 0.15) is 20.8 Å². The Morgan fingerprint density at radius 1 is 1.00 bits per heavy atom. The van der Waals surface area contributed by atoms with Crippen molar-refractivity contribution in [2.24, 2.45) is 0 Å². The van der Waals surface area contributed by atoms with E-state index in [-0.39, 0.29) is 0 Å². The van der Waals surface area contributed by atoms with Gasteiger partial charge in [-0.1, -0.05) is 30.3 Å². The third-order valence-corrected chi connectivity index (χ3v) is 5.09. The average molecular weight is 410 g/mol. The van der Waals surface area contributed by atoms with Crippen molar-refractivity contribution >= 4 is 27.9 Å². The van der Waals surface area contributed by atoms with Gasteiger partial charge in [0, 0.05) is 28.7 Å². The standard InChI is InChI=1S/C25H22N4O2/c1-25(2,3)31-24(30)29-21-9-5-4-7-17(21)14-22(29)23-19-11-10-16(13-20(19)27-28-23)18-8-6-12-26-15-18/h4-15H,1-3H3,(H,27,28). The van der Waals surface area contributed by atoms with Gasteiger partial charge >= 0.3 is 6.09 Å². The predicted molar refractivity (Wildman–Crippen MR) is 122 cm³/mol. The third-order valence-electron chi connectivity index (χ3n) is 5.09. The fourth-order valence-electron chi connectivity index (χ4n) is 3.76. The number of hydrogen-bond donors (Lipinski definition) is 1. The molecule has 0 spiro atoms. The number of carbonyl (C=O) groups excluding carboxylic acids is 1. The van der Waals surface area contributed by atoms with E-state index < -0.39 is 11.7 Å². The number of nitrogens with zero attached hydrogens (tertiary/aromatic N) is 3. The van der Waals surface area contributed by atoms with Crippen molar-refractivity contribution < 1.29 is 9.53 Å². The van der Waals surface area contributed by atoms with Crippen molar-refractivity contribution in [2.45, 2.75) is 26.4 Å². The molecule has 3 heterocycles. The van der Waals surface area contributed by atoms with Gasteiger partial charge in [-0.25, -0.2) is 9.36 Å².